The minimum atomic E-state index is -0.159. The Bertz CT molecular complexity index is 424. The molecule has 0 spiro atoms. The molecule has 1 aromatic rings. The Labute approximate surface area is 135 Å². The summed E-state index contributed by atoms with van der Waals surface area (Å²) in [5.41, 5.74) is 1.10. The van der Waals surface area contributed by atoms with Gasteiger partial charge in [0.25, 0.3) is 0 Å². The fraction of sp³-hybridized carbons (Fsp3) is 0.619. The molecule has 1 aliphatic carbocycles. The number of allylic oxidation sites excluding steroid dienone is 1. The predicted octanol–water partition coefficient (Wildman–Crippen LogP) is 7.01. The van der Waals surface area contributed by atoms with E-state index in [1.807, 2.05) is 12.1 Å². The predicted molar refractivity (Wildman–Crippen MR) is 94.3 cm³/mol. The summed E-state index contributed by atoms with van der Waals surface area (Å²) in [5.74, 6) is 1.78. The molecular formula is C21H31F. The van der Waals surface area contributed by atoms with Gasteiger partial charge in [-0.25, -0.2) is 4.39 Å². The molecule has 0 aliphatic heterocycles. The van der Waals surface area contributed by atoms with Crippen molar-refractivity contribution in [2.75, 3.05) is 0 Å². The van der Waals surface area contributed by atoms with Gasteiger partial charge in [0.2, 0.25) is 0 Å². The van der Waals surface area contributed by atoms with Crippen molar-refractivity contribution < 1.29 is 4.39 Å². The van der Waals surface area contributed by atoms with Gasteiger partial charge in [0.1, 0.15) is 5.82 Å². The lowest BCUT2D eigenvalue weighted by atomic mass is 9.78. The van der Waals surface area contributed by atoms with E-state index in [1.54, 1.807) is 0 Å². The summed E-state index contributed by atoms with van der Waals surface area (Å²) in [6, 6.07) is 6.74. The van der Waals surface area contributed by atoms with Crippen LogP contribution in [0.15, 0.2) is 30.3 Å². The molecular weight excluding hydrogens is 271 g/mol. The van der Waals surface area contributed by atoms with Crippen LogP contribution in [-0.2, 0) is 0 Å². The smallest absolute Gasteiger partial charge is 0.123 e. The molecule has 1 aromatic carbocycles. The highest BCUT2D eigenvalue weighted by Gasteiger charge is 2.19. The van der Waals surface area contributed by atoms with E-state index in [1.165, 1.54) is 69.9 Å². The Hall–Kier alpha value is -1.11. The molecule has 1 aliphatic rings. The second-order valence-corrected chi connectivity index (χ2v) is 6.91. The van der Waals surface area contributed by atoms with Gasteiger partial charge in [-0.05, 0) is 42.4 Å². The van der Waals surface area contributed by atoms with E-state index in [2.05, 4.69) is 19.1 Å². The molecule has 0 unspecified atom stereocenters. The zero-order valence-electron chi connectivity index (χ0n) is 14.1. The first-order chi connectivity index (χ1) is 10.8. The molecule has 1 heteroatoms. The minimum Gasteiger partial charge on any atom is -0.207 e. The average Bonchev–Trinajstić information content (AvgIpc) is 2.55. The third kappa shape index (κ3) is 6.34. The van der Waals surface area contributed by atoms with E-state index in [9.17, 15) is 4.39 Å². The molecule has 0 heterocycles. The van der Waals surface area contributed by atoms with Crippen molar-refractivity contribution in [3.8, 4) is 0 Å². The fourth-order valence-corrected chi connectivity index (χ4v) is 3.62. The Morgan fingerprint density at radius 1 is 0.955 bits per heavy atom. The molecule has 0 bridgehead atoms. The molecule has 1 fully saturated rings. The summed E-state index contributed by atoms with van der Waals surface area (Å²) in [5, 5.41) is 0. The van der Waals surface area contributed by atoms with Gasteiger partial charge < -0.3 is 0 Å². The van der Waals surface area contributed by atoms with Gasteiger partial charge in [0.05, 0.1) is 0 Å². The summed E-state index contributed by atoms with van der Waals surface area (Å²) in [6.07, 6.45) is 18.3. The van der Waals surface area contributed by atoms with Gasteiger partial charge in [-0.1, -0.05) is 82.6 Å². The number of hydrogen-bond donors (Lipinski definition) is 0. The molecule has 0 radical (unpaired) electrons. The monoisotopic (exact) mass is 302 g/mol. The van der Waals surface area contributed by atoms with Crippen molar-refractivity contribution in [1.29, 1.82) is 0 Å². The molecule has 0 amide bonds. The van der Waals surface area contributed by atoms with E-state index in [-0.39, 0.29) is 5.82 Å². The summed E-state index contributed by atoms with van der Waals surface area (Å²) < 4.78 is 12.8. The number of benzene rings is 1. The van der Waals surface area contributed by atoms with Crippen molar-refractivity contribution in [2.24, 2.45) is 11.8 Å². The van der Waals surface area contributed by atoms with Crippen molar-refractivity contribution in [1.82, 2.24) is 0 Å². The Morgan fingerprint density at radius 3 is 2.23 bits per heavy atom. The maximum Gasteiger partial charge on any atom is 0.123 e. The first-order valence-electron chi connectivity index (χ1n) is 9.20. The first-order valence-corrected chi connectivity index (χ1v) is 9.20. The second-order valence-electron chi connectivity index (χ2n) is 6.91. The number of halogens is 1. The molecule has 0 N–H and O–H groups in total. The summed E-state index contributed by atoms with van der Waals surface area (Å²) in [4.78, 5) is 0. The van der Waals surface area contributed by atoms with Crippen LogP contribution >= 0.6 is 0 Å². The third-order valence-corrected chi connectivity index (χ3v) is 5.10. The zero-order chi connectivity index (χ0) is 15.6. The highest BCUT2D eigenvalue weighted by molar-refractivity contribution is 5.48. The molecule has 122 valence electrons. The quantitative estimate of drug-likeness (QED) is 0.453. The van der Waals surface area contributed by atoms with Gasteiger partial charge in [-0.15, -0.1) is 0 Å². The Balaban J connectivity index is 1.59. The number of hydrogen-bond acceptors (Lipinski definition) is 0. The minimum absolute atomic E-state index is 0.159. The van der Waals surface area contributed by atoms with E-state index in [4.69, 9.17) is 0 Å². The molecule has 22 heavy (non-hydrogen) atoms. The van der Waals surface area contributed by atoms with Crippen LogP contribution in [0, 0.1) is 17.7 Å². The lowest BCUT2D eigenvalue weighted by molar-refractivity contribution is 0.250. The lowest BCUT2D eigenvalue weighted by Crippen LogP contribution is -2.14. The third-order valence-electron chi connectivity index (χ3n) is 5.10. The van der Waals surface area contributed by atoms with Crippen molar-refractivity contribution in [2.45, 2.75) is 71.1 Å². The highest BCUT2D eigenvalue weighted by atomic mass is 19.1. The standard InChI is InChI=1S/C21H31F/c1-2-3-4-7-18-10-12-19(13-11-18)8-5-6-9-20-14-16-21(22)17-15-20/h6,9,14-19H,2-5,7-8,10-13H2,1H3. The number of unbranched alkanes of at least 4 members (excludes halogenated alkanes) is 2. The van der Waals surface area contributed by atoms with Gasteiger partial charge in [0, 0.05) is 0 Å². The van der Waals surface area contributed by atoms with Crippen LogP contribution in [0.4, 0.5) is 4.39 Å². The molecule has 0 nitrogen and oxygen atoms in total. The van der Waals surface area contributed by atoms with Gasteiger partial charge in [-0.3, -0.25) is 0 Å². The van der Waals surface area contributed by atoms with Crippen LogP contribution in [0.1, 0.15) is 76.7 Å². The molecule has 0 saturated heterocycles. The van der Waals surface area contributed by atoms with Crippen LogP contribution in [0.5, 0.6) is 0 Å². The Kier molecular flexibility index (Phi) is 7.70. The fourth-order valence-electron chi connectivity index (χ4n) is 3.62. The topological polar surface area (TPSA) is 0 Å². The maximum atomic E-state index is 12.8. The van der Waals surface area contributed by atoms with Crippen molar-refractivity contribution in [3.05, 3.63) is 41.7 Å². The number of rotatable bonds is 8. The van der Waals surface area contributed by atoms with Crippen molar-refractivity contribution >= 4 is 6.08 Å². The van der Waals surface area contributed by atoms with Crippen LogP contribution in [0.25, 0.3) is 6.08 Å². The van der Waals surface area contributed by atoms with Gasteiger partial charge in [0.15, 0.2) is 0 Å². The summed E-state index contributed by atoms with van der Waals surface area (Å²) in [6.45, 7) is 2.29. The zero-order valence-corrected chi connectivity index (χ0v) is 14.1. The molecule has 0 aromatic heterocycles. The highest BCUT2D eigenvalue weighted by Crippen LogP contribution is 2.34. The van der Waals surface area contributed by atoms with E-state index < -0.39 is 0 Å². The first kappa shape index (κ1) is 17.2. The van der Waals surface area contributed by atoms with Crippen LogP contribution < -0.4 is 0 Å². The van der Waals surface area contributed by atoms with E-state index in [0.29, 0.717) is 0 Å². The molecule has 1 saturated carbocycles. The summed E-state index contributed by atoms with van der Waals surface area (Å²) >= 11 is 0. The average molecular weight is 302 g/mol. The van der Waals surface area contributed by atoms with Crippen LogP contribution in [0.3, 0.4) is 0 Å². The van der Waals surface area contributed by atoms with Crippen LogP contribution in [0.2, 0.25) is 0 Å². The maximum absolute atomic E-state index is 12.8. The van der Waals surface area contributed by atoms with E-state index >= 15 is 0 Å². The summed E-state index contributed by atoms with van der Waals surface area (Å²) in [7, 11) is 0. The lowest BCUT2D eigenvalue weighted by Gasteiger charge is -2.28. The van der Waals surface area contributed by atoms with E-state index in [0.717, 1.165) is 23.8 Å². The second kappa shape index (κ2) is 9.82. The SMILES string of the molecule is CCCCCC1CCC(CCC=Cc2ccc(F)cc2)CC1. The van der Waals surface area contributed by atoms with Gasteiger partial charge >= 0.3 is 0 Å². The van der Waals surface area contributed by atoms with Crippen LogP contribution in [-0.4, -0.2) is 0 Å². The van der Waals surface area contributed by atoms with Gasteiger partial charge in [-0.2, -0.15) is 0 Å². The molecule has 0 atom stereocenters. The largest absolute Gasteiger partial charge is 0.207 e. The normalized spacial score (nSPS) is 22.3. The van der Waals surface area contributed by atoms with Crippen molar-refractivity contribution in [3.63, 3.8) is 0 Å². The molecule has 2 rings (SSSR count). The Morgan fingerprint density at radius 2 is 1.59 bits per heavy atom.